The lowest BCUT2D eigenvalue weighted by atomic mass is 10.4. The zero-order chi connectivity index (χ0) is 13.1. The third-order valence-electron chi connectivity index (χ3n) is 2.28. The van der Waals surface area contributed by atoms with E-state index in [1.54, 1.807) is 4.90 Å². The zero-order valence-corrected chi connectivity index (χ0v) is 9.96. The summed E-state index contributed by atoms with van der Waals surface area (Å²) in [5.41, 5.74) is 0. The molecular formula is C10H22N2O5. The Balaban J connectivity index is 4.22. The van der Waals surface area contributed by atoms with E-state index in [4.69, 9.17) is 20.4 Å². The van der Waals surface area contributed by atoms with Crippen LogP contribution in [0, 0.1) is 0 Å². The Morgan fingerprint density at radius 1 is 0.765 bits per heavy atom. The second-order valence-electron chi connectivity index (χ2n) is 3.55. The Morgan fingerprint density at radius 3 is 1.53 bits per heavy atom. The van der Waals surface area contributed by atoms with Gasteiger partial charge in [-0.1, -0.05) is 0 Å². The average Bonchev–Trinajstić information content (AvgIpc) is 2.29. The molecule has 0 rings (SSSR count). The number of aliphatic hydroxyl groups is 4. The molecule has 0 fully saturated rings. The van der Waals surface area contributed by atoms with Gasteiger partial charge in [0.15, 0.2) is 0 Å². The summed E-state index contributed by atoms with van der Waals surface area (Å²) in [6.45, 7) is 0.507. The van der Waals surface area contributed by atoms with Crippen molar-refractivity contribution in [1.29, 1.82) is 0 Å². The van der Waals surface area contributed by atoms with Crippen LogP contribution < -0.4 is 0 Å². The fourth-order valence-electron chi connectivity index (χ4n) is 1.45. The van der Waals surface area contributed by atoms with Gasteiger partial charge in [-0.2, -0.15) is 0 Å². The van der Waals surface area contributed by atoms with Crippen molar-refractivity contribution in [2.24, 2.45) is 0 Å². The number of amides is 1. The van der Waals surface area contributed by atoms with Gasteiger partial charge in [0, 0.05) is 26.2 Å². The van der Waals surface area contributed by atoms with Gasteiger partial charge < -0.3 is 25.3 Å². The van der Waals surface area contributed by atoms with Gasteiger partial charge in [0.1, 0.15) is 0 Å². The first kappa shape index (κ1) is 16.3. The van der Waals surface area contributed by atoms with Crippen molar-refractivity contribution in [3.05, 3.63) is 0 Å². The standard InChI is InChI=1S/C10H22N2O5/c13-5-1-11(2-6-14)9-10(17)12(3-7-15)4-8-16/h13-16H,1-9H2. The number of aliphatic hydroxyl groups excluding tert-OH is 4. The van der Waals surface area contributed by atoms with Crippen LogP contribution in [-0.2, 0) is 4.79 Å². The number of hydrogen-bond donors (Lipinski definition) is 4. The van der Waals surface area contributed by atoms with Gasteiger partial charge in [-0.05, 0) is 0 Å². The molecule has 0 aromatic carbocycles. The van der Waals surface area contributed by atoms with Gasteiger partial charge in [-0.15, -0.1) is 0 Å². The highest BCUT2D eigenvalue weighted by molar-refractivity contribution is 5.78. The van der Waals surface area contributed by atoms with Gasteiger partial charge in [-0.25, -0.2) is 0 Å². The predicted octanol–water partition coefficient (Wildman–Crippen LogP) is -2.91. The third-order valence-corrected chi connectivity index (χ3v) is 2.28. The van der Waals surface area contributed by atoms with E-state index in [9.17, 15) is 4.79 Å². The molecule has 102 valence electrons. The summed E-state index contributed by atoms with van der Waals surface area (Å²) < 4.78 is 0. The van der Waals surface area contributed by atoms with Crippen molar-refractivity contribution in [3.8, 4) is 0 Å². The quantitative estimate of drug-likeness (QED) is 0.331. The van der Waals surface area contributed by atoms with Crippen LogP contribution in [0.3, 0.4) is 0 Å². The molecule has 0 unspecified atom stereocenters. The fraction of sp³-hybridized carbons (Fsp3) is 0.900. The molecule has 0 aromatic heterocycles. The van der Waals surface area contributed by atoms with Gasteiger partial charge >= 0.3 is 0 Å². The number of rotatable bonds is 10. The van der Waals surface area contributed by atoms with E-state index in [0.717, 1.165) is 0 Å². The predicted molar refractivity (Wildman–Crippen MR) is 61.4 cm³/mol. The molecule has 17 heavy (non-hydrogen) atoms. The summed E-state index contributed by atoms with van der Waals surface area (Å²) in [4.78, 5) is 14.7. The molecule has 1 amide bonds. The van der Waals surface area contributed by atoms with E-state index in [0.29, 0.717) is 13.1 Å². The van der Waals surface area contributed by atoms with Gasteiger partial charge in [0.05, 0.1) is 33.0 Å². The normalized spacial score (nSPS) is 10.9. The Labute approximate surface area is 101 Å². The molecule has 0 spiro atoms. The Bertz CT molecular complexity index is 191. The second kappa shape index (κ2) is 10.4. The lowest BCUT2D eigenvalue weighted by Gasteiger charge is -2.25. The van der Waals surface area contributed by atoms with Crippen LogP contribution in [0.2, 0.25) is 0 Å². The Morgan fingerprint density at radius 2 is 1.18 bits per heavy atom. The number of carbonyl (C=O) groups excluding carboxylic acids is 1. The van der Waals surface area contributed by atoms with Crippen LogP contribution in [0.15, 0.2) is 0 Å². The summed E-state index contributed by atoms with van der Waals surface area (Å²) in [7, 11) is 0. The van der Waals surface area contributed by atoms with Crippen LogP contribution in [-0.4, -0.2) is 95.3 Å². The lowest BCUT2D eigenvalue weighted by molar-refractivity contribution is -0.133. The van der Waals surface area contributed by atoms with Crippen LogP contribution in [0.1, 0.15) is 0 Å². The fourth-order valence-corrected chi connectivity index (χ4v) is 1.45. The molecule has 0 atom stereocenters. The number of hydrogen-bond acceptors (Lipinski definition) is 6. The summed E-state index contributed by atoms with van der Waals surface area (Å²) >= 11 is 0. The minimum atomic E-state index is -0.241. The van der Waals surface area contributed by atoms with Crippen molar-refractivity contribution in [1.82, 2.24) is 9.80 Å². The van der Waals surface area contributed by atoms with Crippen LogP contribution in [0.25, 0.3) is 0 Å². The van der Waals surface area contributed by atoms with Gasteiger partial charge in [-0.3, -0.25) is 9.69 Å². The monoisotopic (exact) mass is 250 g/mol. The van der Waals surface area contributed by atoms with E-state index in [1.165, 1.54) is 4.90 Å². The lowest BCUT2D eigenvalue weighted by Crippen LogP contribution is -2.44. The van der Waals surface area contributed by atoms with Crippen molar-refractivity contribution in [2.75, 3.05) is 59.2 Å². The van der Waals surface area contributed by atoms with Gasteiger partial charge in [0.2, 0.25) is 5.91 Å². The molecule has 0 saturated heterocycles. The molecule has 7 heteroatoms. The maximum atomic E-state index is 11.8. The van der Waals surface area contributed by atoms with E-state index in [2.05, 4.69) is 0 Å². The zero-order valence-electron chi connectivity index (χ0n) is 9.96. The highest BCUT2D eigenvalue weighted by Crippen LogP contribution is 1.94. The van der Waals surface area contributed by atoms with E-state index in [-0.39, 0.29) is 52.0 Å². The molecule has 0 aromatic rings. The highest BCUT2D eigenvalue weighted by atomic mass is 16.3. The van der Waals surface area contributed by atoms with Crippen molar-refractivity contribution in [2.45, 2.75) is 0 Å². The van der Waals surface area contributed by atoms with Crippen molar-refractivity contribution < 1.29 is 25.2 Å². The van der Waals surface area contributed by atoms with Crippen LogP contribution in [0.4, 0.5) is 0 Å². The molecule has 4 N–H and O–H groups in total. The maximum Gasteiger partial charge on any atom is 0.236 e. The summed E-state index contributed by atoms with van der Waals surface area (Å²) in [6.07, 6.45) is 0. The molecule has 0 aliphatic rings. The summed E-state index contributed by atoms with van der Waals surface area (Å²) in [6, 6.07) is 0. The Kier molecular flexibility index (Phi) is 9.98. The Hall–Kier alpha value is -0.730. The first-order valence-electron chi connectivity index (χ1n) is 5.63. The average molecular weight is 250 g/mol. The number of carbonyl (C=O) groups is 1. The minimum Gasteiger partial charge on any atom is -0.395 e. The summed E-state index contributed by atoms with van der Waals surface area (Å²) in [5.74, 6) is -0.241. The van der Waals surface area contributed by atoms with Crippen molar-refractivity contribution in [3.63, 3.8) is 0 Å². The van der Waals surface area contributed by atoms with Gasteiger partial charge in [0.25, 0.3) is 0 Å². The molecular weight excluding hydrogens is 228 g/mol. The first-order valence-corrected chi connectivity index (χ1v) is 5.63. The molecule has 0 bridgehead atoms. The smallest absolute Gasteiger partial charge is 0.236 e. The first-order chi connectivity index (χ1) is 8.19. The SMILES string of the molecule is O=C(CN(CCO)CCO)N(CCO)CCO. The van der Waals surface area contributed by atoms with E-state index >= 15 is 0 Å². The minimum absolute atomic E-state index is 0.0567. The van der Waals surface area contributed by atoms with E-state index < -0.39 is 0 Å². The highest BCUT2D eigenvalue weighted by Gasteiger charge is 2.16. The third kappa shape index (κ3) is 7.24. The number of nitrogens with zero attached hydrogens (tertiary/aromatic N) is 2. The van der Waals surface area contributed by atoms with Crippen LogP contribution in [0.5, 0.6) is 0 Å². The molecule has 7 nitrogen and oxygen atoms in total. The molecule has 0 saturated carbocycles. The van der Waals surface area contributed by atoms with Crippen molar-refractivity contribution >= 4 is 5.91 Å². The molecule has 0 radical (unpaired) electrons. The van der Waals surface area contributed by atoms with Crippen LogP contribution >= 0.6 is 0 Å². The second-order valence-corrected chi connectivity index (χ2v) is 3.55. The summed E-state index contributed by atoms with van der Waals surface area (Å²) in [5, 5.41) is 35.2. The molecule has 0 heterocycles. The molecule has 0 aliphatic heterocycles. The maximum absolute atomic E-state index is 11.8. The topological polar surface area (TPSA) is 104 Å². The molecule has 0 aliphatic carbocycles. The largest absolute Gasteiger partial charge is 0.395 e. The van der Waals surface area contributed by atoms with E-state index in [1.807, 2.05) is 0 Å².